The average Bonchev–Trinajstić information content (AvgIpc) is 2.25. The number of aliphatic imine (C=N–C) groups is 1. The second kappa shape index (κ2) is 4.86. The number of nitrogens with one attached hydrogen (secondary N) is 1. The minimum absolute atomic E-state index is 0.312. The number of halogens is 2. The largest absolute Gasteiger partial charge is 0.331 e. The number of para-hydroxylation sites is 1. The SMILES string of the molecule is Fc1cccc(Cl)c1NC1=NCCCS1. The van der Waals surface area contributed by atoms with Gasteiger partial charge in [0.25, 0.3) is 0 Å². The maximum absolute atomic E-state index is 13.4. The quantitative estimate of drug-likeness (QED) is 0.819. The summed E-state index contributed by atoms with van der Waals surface area (Å²) in [6, 6.07) is 4.61. The number of benzene rings is 1. The van der Waals surface area contributed by atoms with Gasteiger partial charge in [-0.1, -0.05) is 29.4 Å². The summed E-state index contributed by atoms with van der Waals surface area (Å²) in [6.07, 6.45) is 1.07. The molecule has 0 fully saturated rings. The Hall–Kier alpha value is -0.740. The van der Waals surface area contributed by atoms with Crippen LogP contribution in [0.25, 0.3) is 0 Å². The fraction of sp³-hybridized carbons (Fsp3) is 0.300. The molecule has 15 heavy (non-hydrogen) atoms. The van der Waals surface area contributed by atoms with Gasteiger partial charge in [0.15, 0.2) is 5.17 Å². The first kappa shape index (κ1) is 10.8. The van der Waals surface area contributed by atoms with Crippen molar-refractivity contribution in [2.75, 3.05) is 17.6 Å². The third-order valence-electron chi connectivity index (χ3n) is 1.99. The standard InChI is InChI=1S/C10H10ClFN2S/c11-7-3-1-4-8(12)9(7)14-10-13-5-2-6-15-10/h1,3-4H,2,5-6H2,(H,13,14). The molecule has 1 aromatic rings. The molecule has 0 aliphatic carbocycles. The van der Waals surface area contributed by atoms with Gasteiger partial charge in [-0.15, -0.1) is 0 Å². The van der Waals surface area contributed by atoms with Crippen LogP contribution in [-0.4, -0.2) is 17.5 Å². The summed E-state index contributed by atoms with van der Waals surface area (Å²) in [7, 11) is 0. The number of nitrogens with zero attached hydrogens (tertiary/aromatic N) is 1. The smallest absolute Gasteiger partial charge is 0.161 e. The minimum atomic E-state index is -0.351. The third-order valence-corrected chi connectivity index (χ3v) is 3.30. The molecule has 1 aromatic carbocycles. The predicted octanol–water partition coefficient (Wildman–Crippen LogP) is 3.38. The Balaban J connectivity index is 2.19. The summed E-state index contributed by atoms with van der Waals surface area (Å²) >= 11 is 7.47. The van der Waals surface area contributed by atoms with E-state index in [0.717, 1.165) is 23.9 Å². The highest BCUT2D eigenvalue weighted by atomic mass is 35.5. The number of hydrogen-bond donors (Lipinski definition) is 1. The van der Waals surface area contributed by atoms with Crippen LogP contribution in [0.4, 0.5) is 10.1 Å². The van der Waals surface area contributed by atoms with Gasteiger partial charge in [-0.25, -0.2) is 4.39 Å². The van der Waals surface area contributed by atoms with Crippen LogP contribution in [0.15, 0.2) is 23.2 Å². The second-order valence-corrected chi connectivity index (χ2v) is 4.60. The van der Waals surface area contributed by atoms with E-state index in [1.165, 1.54) is 6.07 Å². The molecule has 5 heteroatoms. The van der Waals surface area contributed by atoms with Crippen molar-refractivity contribution in [2.24, 2.45) is 4.99 Å². The number of thioether (sulfide) groups is 1. The molecule has 1 heterocycles. The summed E-state index contributed by atoms with van der Waals surface area (Å²) in [5.41, 5.74) is 0.312. The molecule has 80 valence electrons. The van der Waals surface area contributed by atoms with Crippen LogP contribution in [0.1, 0.15) is 6.42 Å². The van der Waals surface area contributed by atoms with Crippen LogP contribution in [0, 0.1) is 5.82 Å². The summed E-state index contributed by atoms with van der Waals surface area (Å²) in [4.78, 5) is 4.25. The molecule has 0 atom stereocenters. The van der Waals surface area contributed by atoms with E-state index in [1.54, 1.807) is 23.9 Å². The summed E-state index contributed by atoms with van der Waals surface area (Å²) in [5.74, 6) is 0.661. The topological polar surface area (TPSA) is 24.4 Å². The molecular weight excluding hydrogens is 235 g/mol. The molecule has 0 radical (unpaired) electrons. The molecule has 0 saturated heterocycles. The van der Waals surface area contributed by atoms with E-state index in [4.69, 9.17) is 11.6 Å². The predicted molar refractivity (Wildman–Crippen MR) is 64.4 cm³/mol. The summed E-state index contributed by atoms with van der Waals surface area (Å²) in [6.45, 7) is 0.793. The monoisotopic (exact) mass is 244 g/mol. The Labute approximate surface area is 96.9 Å². The van der Waals surface area contributed by atoms with Gasteiger partial charge in [-0.2, -0.15) is 0 Å². The lowest BCUT2D eigenvalue weighted by atomic mass is 10.3. The van der Waals surface area contributed by atoms with Crippen LogP contribution < -0.4 is 5.32 Å². The van der Waals surface area contributed by atoms with Gasteiger partial charge < -0.3 is 5.32 Å². The molecule has 0 aromatic heterocycles. The zero-order valence-corrected chi connectivity index (χ0v) is 9.54. The maximum atomic E-state index is 13.4. The van der Waals surface area contributed by atoms with Crippen molar-refractivity contribution in [2.45, 2.75) is 6.42 Å². The highest BCUT2D eigenvalue weighted by molar-refractivity contribution is 8.14. The van der Waals surface area contributed by atoms with E-state index in [9.17, 15) is 4.39 Å². The second-order valence-electron chi connectivity index (χ2n) is 3.11. The highest BCUT2D eigenvalue weighted by Crippen LogP contribution is 2.26. The Bertz CT molecular complexity index is 375. The van der Waals surface area contributed by atoms with Crippen LogP contribution in [-0.2, 0) is 0 Å². The molecule has 0 bridgehead atoms. The molecular formula is C10H10ClFN2S. The van der Waals surface area contributed by atoms with Crippen LogP contribution in [0.5, 0.6) is 0 Å². The molecule has 2 rings (SSSR count). The third kappa shape index (κ3) is 2.63. The molecule has 1 aliphatic rings. The fourth-order valence-electron chi connectivity index (χ4n) is 1.26. The van der Waals surface area contributed by atoms with Gasteiger partial charge in [0.05, 0.1) is 10.7 Å². The zero-order chi connectivity index (χ0) is 10.7. The summed E-state index contributed by atoms with van der Waals surface area (Å²) in [5, 5.41) is 4.05. The molecule has 1 aliphatic heterocycles. The van der Waals surface area contributed by atoms with Crippen molar-refractivity contribution < 1.29 is 4.39 Å². The molecule has 0 amide bonds. The van der Waals surface area contributed by atoms with Gasteiger partial charge in [0, 0.05) is 12.3 Å². The number of anilines is 1. The van der Waals surface area contributed by atoms with E-state index in [2.05, 4.69) is 10.3 Å². The van der Waals surface area contributed by atoms with Gasteiger partial charge in [-0.05, 0) is 18.6 Å². The number of rotatable bonds is 1. The van der Waals surface area contributed by atoms with Crippen LogP contribution in [0.2, 0.25) is 5.02 Å². The van der Waals surface area contributed by atoms with E-state index < -0.39 is 0 Å². The number of hydrogen-bond acceptors (Lipinski definition) is 3. The van der Waals surface area contributed by atoms with Crippen LogP contribution in [0.3, 0.4) is 0 Å². The van der Waals surface area contributed by atoms with E-state index >= 15 is 0 Å². The summed E-state index contributed by atoms with van der Waals surface area (Å²) < 4.78 is 13.4. The van der Waals surface area contributed by atoms with E-state index in [0.29, 0.717) is 10.7 Å². The molecule has 2 nitrogen and oxygen atoms in total. The lowest BCUT2D eigenvalue weighted by Crippen LogP contribution is -2.14. The first-order valence-corrected chi connectivity index (χ1v) is 6.02. The van der Waals surface area contributed by atoms with Crippen LogP contribution >= 0.6 is 23.4 Å². The molecule has 0 saturated carbocycles. The maximum Gasteiger partial charge on any atom is 0.161 e. The Kier molecular flexibility index (Phi) is 3.49. The zero-order valence-electron chi connectivity index (χ0n) is 7.96. The molecule has 0 spiro atoms. The van der Waals surface area contributed by atoms with Crippen molar-refractivity contribution in [3.8, 4) is 0 Å². The molecule has 1 N–H and O–H groups in total. The fourth-order valence-corrected chi connectivity index (χ4v) is 2.29. The lowest BCUT2D eigenvalue weighted by Gasteiger charge is -2.14. The van der Waals surface area contributed by atoms with Gasteiger partial charge in [0.1, 0.15) is 5.82 Å². The average molecular weight is 245 g/mol. The van der Waals surface area contributed by atoms with Gasteiger partial charge >= 0.3 is 0 Å². The minimum Gasteiger partial charge on any atom is -0.331 e. The van der Waals surface area contributed by atoms with E-state index in [-0.39, 0.29) is 5.82 Å². The van der Waals surface area contributed by atoms with Crippen molar-refractivity contribution >= 4 is 34.2 Å². The van der Waals surface area contributed by atoms with Crippen molar-refractivity contribution in [1.82, 2.24) is 0 Å². The number of amidine groups is 1. The van der Waals surface area contributed by atoms with Crippen molar-refractivity contribution in [3.63, 3.8) is 0 Å². The van der Waals surface area contributed by atoms with Gasteiger partial charge in [-0.3, -0.25) is 4.99 Å². The van der Waals surface area contributed by atoms with Crippen molar-refractivity contribution in [1.29, 1.82) is 0 Å². The Morgan fingerprint density at radius 3 is 3.00 bits per heavy atom. The first-order chi connectivity index (χ1) is 7.27. The highest BCUT2D eigenvalue weighted by Gasteiger charge is 2.11. The normalized spacial score (nSPS) is 16.0. The van der Waals surface area contributed by atoms with E-state index in [1.807, 2.05) is 0 Å². The van der Waals surface area contributed by atoms with Gasteiger partial charge in [0.2, 0.25) is 0 Å². The molecule has 0 unspecified atom stereocenters. The van der Waals surface area contributed by atoms with Crippen molar-refractivity contribution in [3.05, 3.63) is 29.0 Å². The Morgan fingerprint density at radius 1 is 1.47 bits per heavy atom. The lowest BCUT2D eigenvalue weighted by molar-refractivity contribution is 0.632. The Morgan fingerprint density at radius 2 is 2.33 bits per heavy atom. The first-order valence-electron chi connectivity index (χ1n) is 4.65.